The largest absolute Gasteiger partial charge is 0.382 e. The first-order valence-electron chi connectivity index (χ1n) is 6.08. The number of anilines is 1. The molecule has 0 unspecified atom stereocenters. The SMILES string of the molecule is CC(C)n1ccc(-n2nc(N)c3c2CCC3)n1. The van der Waals surface area contributed by atoms with E-state index in [1.165, 1.54) is 17.7 Å². The van der Waals surface area contributed by atoms with Crippen molar-refractivity contribution in [1.29, 1.82) is 0 Å². The summed E-state index contributed by atoms with van der Waals surface area (Å²) < 4.78 is 3.84. The van der Waals surface area contributed by atoms with Gasteiger partial charge in [0.15, 0.2) is 5.82 Å². The fraction of sp³-hybridized carbons (Fsp3) is 0.500. The monoisotopic (exact) mass is 231 g/mol. The zero-order chi connectivity index (χ0) is 12.0. The number of aromatic nitrogens is 4. The van der Waals surface area contributed by atoms with Crippen LogP contribution in [0.5, 0.6) is 0 Å². The lowest BCUT2D eigenvalue weighted by Crippen LogP contribution is -2.06. The maximum absolute atomic E-state index is 5.93. The zero-order valence-electron chi connectivity index (χ0n) is 10.2. The molecular weight excluding hydrogens is 214 g/mol. The van der Waals surface area contributed by atoms with Gasteiger partial charge in [0.1, 0.15) is 5.82 Å². The van der Waals surface area contributed by atoms with E-state index in [4.69, 9.17) is 5.73 Å². The van der Waals surface area contributed by atoms with Crippen LogP contribution in [0.2, 0.25) is 0 Å². The summed E-state index contributed by atoms with van der Waals surface area (Å²) in [5.41, 5.74) is 8.38. The van der Waals surface area contributed by atoms with Crippen molar-refractivity contribution in [3.63, 3.8) is 0 Å². The Hall–Kier alpha value is -1.78. The predicted molar refractivity (Wildman–Crippen MR) is 66.2 cm³/mol. The second-order valence-corrected chi connectivity index (χ2v) is 4.82. The van der Waals surface area contributed by atoms with E-state index in [1.54, 1.807) is 0 Å². The van der Waals surface area contributed by atoms with E-state index in [0.29, 0.717) is 11.9 Å². The quantitative estimate of drug-likeness (QED) is 0.856. The van der Waals surface area contributed by atoms with E-state index in [2.05, 4.69) is 24.0 Å². The Morgan fingerprint density at radius 3 is 2.82 bits per heavy atom. The number of nitrogens with zero attached hydrogens (tertiary/aromatic N) is 4. The maximum Gasteiger partial charge on any atom is 0.175 e. The molecule has 0 amide bonds. The Kier molecular flexibility index (Phi) is 2.21. The molecule has 0 saturated heterocycles. The third-order valence-corrected chi connectivity index (χ3v) is 3.30. The summed E-state index contributed by atoms with van der Waals surface area (Å²) in [6.07, 6.45) is 5.25. The minimum atomic E-state index is 0.365. The van der Waals surface area contributed by atoms with Gasteiger partial charge in [-0.1, -0.05) is 0 Å². The molecule has 1 aliphatic rings. The lowest BCUT2D eigenvalue weighted by molar-refractivity contribution is 0.527. The van der Waals surface area contributed by atoms with E-state index < -0.39 is 0 Å². The Bertz CT molecular complexity index is 549. The van der Waals surface area contributed by atoms with Gasteiger partial charge in [-0.3, -0.25) is 4.68 Å². The number of hydrogen-bond donors (Lipinski definition) is 1. The molecule has 0 bridgehead atoms. The standard InChI is InChI=1S/C12H17N5/c1-8(2)16-7-6-11(14-16)17-10-5-3-4-9(10)12(13)15-17/h6-8H,3-5H2,1-2H3,(H2,13,15). The Morgan fingerprint density at radius 2 is 2.12 bits per heavy atom. The predicted octanol–water partition coefficient (Wildman–Crippen LogP) is 1.72. The molecule has 2 heterocycles. The highest BCUT2D eigenvalue weighted by atomic mass is 15.4. The molecule has 2 N–H and O–H groups in total. The van der Waals surface area contributed by atoms with E-state index in [9.17, 15) is 0 Å². The zero-order valence-corrected chi connectivity index (χ0v) is 10.2. The number of hydrogen-bond acceptors (Lipinski definition) is 3. The van der Waals surface area contributed by atoms with Gasteiger partial charge in [-0.2, -0.15) is 5.10 Å². The van der Waals surface area contributed by atoms with Crippen LogP contribution in [0, 0.1) is 0 Å². The molecule has 2 aromatic heterocycles. The van der Waals surface area contributed by atoms with Crippen LogP contribution >= 0.6 is 0 Å². The van der Waals surface area contributed by atoms with Gasteiger partial charge in [-0.05, 0) is 33.1 Å². The van der Waals surface area contributed by atoms with Crippen molar-refractivity contribution in [3.05, 3.63) is 23.5 Å². The normalized spacial score (nSPS) is 14.5. The highest BCUT2D eigenvalue weighted by Crippen LogP contribution is 2.28. The first kappa shape index (κ1) is 10.4. The fourth-order valence-electron chi connectivity index (χ4n) is 2.38. The molecule has 5 heteroatoms. The third-order valence-electron chi connectivity index (χ3n) is 3.30. The van der Waals surface area contributed by atoms with E-state index in [1.807, 2.05) is 21.6 Å². The van der Waals surface area contributed by atoms with Crippen LogP contribution < -0.4 is 5.73 Å². The fourth-order valence-corrected chi connectivity index (χ4v) is 2.38. The molecule has 0 aliphatic heterocycles. The van der Waals surface area contributed by atoms with Crippen molar-refractivity contribution in [3.8, 4) is 5.82 Å². The minimum absolute atomic E-state index is 0.365. The topological polar surface area (TPSA) is 61.7 Å². The molecule has 0 saturated carbocycles. The summed E-state index contributed by atoms with van der Waals surface area (Å²) in [6.45, 7) is 4.22. The molecule has 0 atom stereocenters. The summed E-state index contributed by atoms with van der Waals surface area (Å²) >= 11 is 0. The molecule has 0 radical (unpaired) electrons. The molecule has 90 valence electrons. The van der Waals surface area contributed by atoms with Crippen molar-refractivity contribution in [1.82, 2.24) is 19.6 Å². The Labute approximate surface area is 100 Å². The van der Waals surface area contributed by atoms with Crippen molar-refractivity contribution in [2.45, 2.75) is 39.2 Å². The molecule has 1 aliphatic carbocycles. The molecule has 0 spiro atoms. The lowest BCUT2D eigenvalue weighted by atomic mass is 10.3. The summed E-state index contributed by atoms with van der Waals surface area (Å²) in [6, 6.07) is 2.36. The van der Waals surface area contributed by atoms with Crippen LogP contribution in [0.1, 0.15) is 37.6 Å². The highest BCUT2D eigenvalue weighted by molar-refractivity contribution is 5.47. The molecule has 2 aromatic rings. The van der Waals surface area contributed by atoms with Gasteiger partial charge in [0.05, 0.1) is 5.69 Å². The molecule has 17 heavy (non-hydrogen) atoms. The summed E-state index contributed by atoms with van der Waals surface area (Å²) in [5.74, 6) is 1.53. The van der Waals surface area contributed by atoms with Crippen LogP contribution in [0.25, 0.3) is 5.82 Å². The summed E-state index contributed by atoms with van der Waals surface area (Å²) in [7, 11) is 0. The van der Waals surface area contributed by atoms with Crippen molar-refractivity contribution in [2.24, 2.45) is 0 Å². The lowest BCUT2D eigenvalue weighted by Gasteiger charge is -2.04. The van der Waals surface area contributed by atoms with E-state index in [-0.39, 0.29) is 0 Å². The van der Waals surface area contributed by atoms with Gasteiger partial charge in [0.25, 0.3) is 0 Å². The molecule has 5 nitrogen and oxygen atoms in total. The molecule has 3 rings (SSSR count). The van der Waals surface area contributed by atoms with Crippen LogP contribution in [0.3, 0.4) is 0 Å². The van der Waals surface area contributed by atoms with Crippen LogP contribution in [-0.4, -0.2) is 19.6 Å². The smallest absolute Gasteiger partial charge is 0.175 e. The number of fused-ring (bicyclic) bond motifs is 1. The van der Waals surface area contributed by atoms with Crippen LogP contribution in [0.15, 0.2) is 12.3 Å². The van der Waals surface area contributed by atoms with Gasteiger partial charge in [0.2, 0.25) is 0 Å². The summed E-state index contributed by atoms with van der Waals surface area (Å²) in [5, 5.41) is 8.93. The number of nitrogens with two attached hydrogens (primary N) is 1. The first-order valence-corrected chi connectivity index (χ1v) is 6.08. The average molecular weight is 231 g/mol. The maximum atomic E-state index is 5.93. The van der Waals surface area contributed by atoms with Crippen molar-refractivity contribution < 1.29 is 0 Å². The third kappa shape index (κ3) is 1.53. The Balaban J connectivity index is 2.06. The van der Waals surface area contributed by atoms with Gasteiger partial charge in [-0.25, -0.2) is 4.68 Å². The number of nitrogen functional groups attached to an aromatic ring is 1. The van der Waals surface area contributed by atoms with E-state index >= 15 is 0 Å². The molecule has 0 aromatic carbocycles. The van der Waals surface area contributed by atoms with Crippen LogP contribution in [-0.2, 0) is 12.8 Å². The van der Waals surface area contributed by atoms with Gasteiger partial charge in [0, 0.05) is 23.9 Å². The summed E-state index contributed by atoms with van der Waals surface area (Å²) in [4.78, 5) is 0. The van der Waals surface area contributed by atoms with Crippen molar-refractivity contribution in [2.75, 3.05) is 5.73 Å². The Morgan fingerprint density at radius 1 is 1.29 bits per heavy atom. The van der Waals surface area contributed by atoms with Gasteiger partial charge in [-0.15, -0.1) is 5.10 Å². The highest BCUT2D eigenvalue weighted by Gasteiger charge is 2.22. The minimum Gasteiger partial charge on any atom is -0.382 e. The molecule has 0 fully saturated rings. The van der Waals surface area contributed by atoms with Crippen LogP contribution in [0.4, 0.5) is 5.82 Å². The second kappa shape index (κ2) is 3.61. The van der Waals surface area contributed by atoms with Gasteiger partial charge >= 0.3 is 0 Å². The average Bonchev–Trinajstić information content (AvgIpc) is 2.96. The van der Waals surface area contributed by atoms with Gasteiger partial charge < -0.3 is 5.73 Å². The molecular formula is C12H17N5. The van der Waals surface area contributed by atoms with Crippen molar-refractivity contribution >= 4 is 5.82 Å². The van der Waals surface area contributed by atoms with E-state index in [0.717, 1.165) is 18.7 Å². The first-order chi connectivity index (χ1) is 8.16. The number of rotatable bonds is 2. The second-order valence-electron chi connectivity index (χ2n) is 4.82.